The molecule has 1 aromatic heterocycles. The summed E-state index contributed by atoms with van der Waals surface area (Å²) < 4.78 is 17.0. The summed E-state index contributed by atoms with van der Waals surface area (Å²) in [5.41, 5.74) is 1.52. The topological polar surface area (TPSA) is 86.5 Å². The number of amides is 1. The Balaban J connectivity index is 1.40. The Morgan fingerprint density at radius 3 is 2.19 bits per heavy atom. The van der Waals surface area contributed by atoms with Crippen LogP contribution in [0.15, 0.2) is 83.4 Å². The van der Waals surface area contributed by atoms with Crippen LogP contribution in [0.1, 0.15) is 25.8 Å². The predicted octanol–water partition coefficient (Wildman–Crippen LogP) is 5.63. The quantitative estimate of drug-likeness (QED) is 0.421. The van der Waals surface area contributed by atoms with Crippen LogP contribution in [0, 0.1) is 0 Å². The number of nitrogens with one attached hydrogen (secondary N) is 1. The summed E-state index contributed by atoms with van der Waals surface area (Å²) in [5.74, 6) is 2.83. The largest absolute Gasteiger partial charge is 0.481 e. The zero-order valence-electron chi connectivity index (χ0n) is 17.1. The minimum atomic E-state index is -0.369. The molecule has 0 saturated carbocycles. The van der Waals surface area contributed by atoms with E-state index in [1.165, 1.54) is 6.92 Å². The Kier molecular flexibility index (Phi) is 5.93. The average molecular weight is 415 g/mol. The maximum atomic E-state index is 11.1. The number of ether oxygens (including phenoxy) is 2. The van der Waals surface area contributed by atoms with Gasteiger partial charge in [0.2, 0.25) is 11.7 Å². The summed E-state index contributed by atoms with van der Waals surface area (Å²) in [7, 11) is 0. The third kappa shape index (κ3) is 5.27. The van der Waals surface area contributed by atoms with E-state index in [0.29, 0.717) is 28.9 Å². The summed E-state index contributed by atoms with van der Waals surface area (Å²) in [5, 5.41) is 6.77. The van der Waals surface area contributed by atoms with E-state index in [-0.39, 0.29) is 12.0 Å². The van der Waals surface area contributed by atoms with Crippen LogP contribution in [0.3, 0.4) is 0 Å². The molecule has 0 bridgehead atoms. The van der Waals surface area contributed by atoms with Gasteiger partial charge in [-0.25, -0.2) is 0 Å². The molecule has 0 fully saturated rings. The molecule has 7 heteroatoms. The van der Waals surface area contributed by atoms with E-state index in [1.54, 1.807) is 24.3 Å². The number of rotatable bonds is 7. The van der Waals surface area contributed by atoms with Crippen molar-refractivity contribution in [3.8, 4) is 28.6 Å². The monoisotopic (exact) mass is 415 g/mol. The van der Waals surface area contributed by atoms with E-state index >= 15 is 0 Å². The molecular formula is C24H21N3O4. The van der Waals surface area contributed by atoms with Crippen molar-refractivity contribution in [2.75, 3.05) is 5.32 Å². The number of hydrogen-bond donors (Lipinski definition) is 1. The van der Waals surface area contributed by atoms with Crippen molar-refractivity contribution < 1.29 is 18.8 Å². The molecule has 1 unspecified atom stereocenters. The van der Waals surface area contributed by atoms with E-state index < -0.39 is 0 Å². The Bertz CT molecular complexity index is 1140. The number of para-hydroxylation sites is 1. The first kappa shape index (κ1) is 20.2. The Hall–Kier alpha value is -4.13. The van der Waals surface area contributed by atoms with Crippen molar-refractivity contribution in [1.29, 1.82) is 0 Å². The second-order valence-corrected chi connectivity index (χ2v) is 6.86. The van der Waals surface area contributed by atoms with Crippen LogP contribution in [-0.4, -0.2) is 16.0 Å². The Labute approximate surface area is 179 Å². The zero-order valence-corrected chi connectivity index (χ0v) is 17.1. The fourth-order valence-electron chi connectivity index (χ4n) is 2.89. The van der Waals surface area contributed by atoms with Crippen molar-refractivity contribution in [2.24, 2.45) is 0 Å². The van der Waals surface area contributed by atoms with Crippen molar-refractivity contribution >= 4 is 11.6 Å². The molecule has 0 aliphatic rings. The molecule has 4 rings (SSSR count). The van der Waals surface area contributed by atoms with Crippen LogP contribution in [0.5, 0.6) is 17.2 Å². The van der Waals surface area contributed by atoms with E-state index in [0.717, 1.165) is 11.3 Å². The van der Waals surface area contributed by atoms with Gasteiger partial charge in [-0.2, -0.15) is 4.98 Å². The molecule has 1 heterocycles. The van der Waals surface area contributed by atoms with E-state index in [9.17, 15) is 4.79 Å². The van der Waals surface area contributed by atoms with Gasteiger partial charge in [-0.1, -0.05) is 23.4 Å². The summed E-state index contributed by atoms with van der Waals surface area (Å²) in [6.07, 6.45) is -0.369. The summed E-state index contributed by atoms with van der Waals surface area (Å²) in [4.78, 5) is 15.5. The highest BCUT2D eigenvalue weighted by atomic mass is 16.5. The lowest BCUT2D eigenvalue weighted by Crippen LogP contribution is -2.05. The first-order valence-electron chi connectivity index (χ1n) is 9.78. The average Bonchev–Trinajstić information content (AvgIpc) is 3.27. The molecule has 1 N–H and O–H groups in total. The molecule has 0 saturated heterocycles. The molecule has 7 nitrogen and oxygen atoms in total. The molecule has 3 aromatic carbocycles. The van der Waals surface area contributed by atoms with Gasteiger partial charge in [0.1, 0.15) is 17.2 Å². The number of anilines is 1. The van der Waals surface area contributed by atoms with Gasteiger partial charge in [0.05, 0.1) is 0 Å². The highest BCUT2D eigenvalue weighted by Crippen LogP contribution is 2.27. The van der Waals surface area contributed by atoms with Gasteiger partial charge in [0.15, 0.2) is 6.10 Å². The molecule has 156 valence electrons. The van der Waals surface area contributed by atoms with Crippen LogP contribution in [0.25, 0.3) is 11.4 Å². The lowest BCUT2D eigenvalue weighted by Gasteiger charge is -2.09. The van der Waals surface area contributed by atoms with E-state index in [4.69, 9.17) is 14.0 Å². The summed E-state index contributed by atoms with van der Waals surface area (Å²) in [6.45, 7) is 3.33. The molecule has 0 aliphatic carbocycles. The van der Waals surface area contributed by atoms with E-state index in [2.05, 4.69) is 15.5 Å². The lowest BCUT2D eigenvalue weighted by molar-refractivity contribution is -0.114. The number of carbonyl (C=O) groups is 1. The van der Waals surface area contributed by atoms with Crippen LogP contribution >= 0.6 is 0 Å². The fraction of sp³-hybridized carbons (Fsp3) is 0.125. The van der Waals surface area contributed by atoms with Gasteiger partial charge in [-0.3, -0.25) is 4.79 Å². The maximum absolute atomic E-state index is 11.1. The van der Waals surface area contributed by atoms with Gasteiger partial charge >= 0.3 is 0 Å². The number of carbonyl (C=O) groups excluding carboxylic acids is 1. The van der Waals surface area contributed by atoms with Crippen LogP contribution in [0.2, 0.25) is 0 Å². The minimum Gasteiger partial charge on any atom is -0.481 e. The number of hydrogen-bond acceptors (Lipinski definition) is 6. The van der Waals surface area contributed by atoms with Gasteiger partial charge in [0.25, 0.3) is 5.89 Å². The molecule has 31 heavy (non-hydrogen) atoms. The molecule has 4 aromatic rings. The van der Waals surface area contributed by atoms with Gasteiger partial charge in [0, 0.05) is 18.2 Å². The summed E-state index contributed by atoms with van der Waals surface area (Å²) in [6, 6.07) is 24.0. The molecule has 1 amide bonds. The second kappa shape index (κ2) is 9.13. The number of aromatic nitrogens is 2. The summed E-state index contributed by atoms with van der Waals surface area (Å²) >= 11 is 0. The lowest BCUT2D eigenvalue weighted by atomic mass is 10.2. The smallest absolute Gasteiger partial charge is 0.267 e. The molecule has 0 spiro atoms. The van der Waals surface area contributed by atoms with Crippen LogP contribution in [0.4, 0.5) is 5.69 Å². The standard InChI is InChI=1S/C24H21N3O4/c1-16(29-20-6-4-3-5-7-20)24-26-23(27-31-24)18-8-12-21(13-9-18)30-22-14-10-19(11-15-22)25-17(2)28/h3-16H,1-2H3,(H,25,28). The second-order valence-electron chi connectivity index (χ2n) is 6.86. The SMILES string of the molecule is CC(=O)Nc1ccc(Oc2ccc(-c3noc(C(C)Oc4ccccc4)n3)cc2)cc1. The molecule has 1 atom stereocenters. The number of benzene rings is 3. The highest BCUT2D eigenvalue weighted by Gasteiger charge is 2.17. The first-order chi connectivity index (χ1) is 15.1. The molecular weight excluding hydrogens is 394 g/mol. The van der Waals surface area contributed by atoms with Gasteiger partial charge < -0.3 is 19.3 Å². The fourth-order valence-corrected chi connectivity index (χ4v) is 2.89. The predicted molar refractivity (Wildman–Crippen MR) is 116 cm³/mol. The molecule has 0 aliphatic heterocycles. The van der Waals surface area contributed by atoms with Crippen LogP contribution < -0.4 is 14.8 Å². The van der Waals surface area contributed by atoms with Crippen LogP contribution in [-0.2, 0) is 4.79 Å². The van der Waals surface area contributed by atoms with Gasteiger partial charge in [-0.15, -0.1) is 0 Å². The third-order valence-corrected chi connectivity index (χ3v) is 4.37. The highest BCUT2D eigenvalue weighted by molar-refractivity contribution is 5.88. The molecule has 0 radical (unpaired) electrons. The first-order valence-corrected chi connectivity index (χ1v) is 9.78. The Morgan fingerprint density at radius 1 is 0.903 bits per heavy atom. The zero-order chi connectivity index (χ0) is 21.6. The maximum Gasteiger partial charge on any atom is 0.267 e. The van der Waals surface area contributed by atoms with Crippen molar-refractivity contribution in [3.05, 3.63) is 84.8 Å². The Morgan fingerprint density at radius 2 is 1.55 bits per heavy atom. The van der Waals surface area contributed by atoms with Crippen molar-refractivity contribution in [2.45, 2.75) is 20.0 Å². The number of nitrogens with zero attached hydrogens (tertiary/aromatic N) is 2. The normalized spacial score (nSPS) is 11.5. The minimum absolute atomic E-state index is 0.116. The van der Waals surface area contributed by atoms with Gasteiger partial charge in [-0.05, 0) is 67.6 Å². The van der Waals surface area contributed by atoms with Crippen molar-refractivity contribution in [3.63, 3.8) is 0 Å². The third-order valence-electron chi connectivity index (χ3n) is 4.37. The van der Waals surface area contributed by atoms with E-state index in [1.807, 2.05) is 61.5 Å². The van der Waals surface area contributed by atoms with Crippen molar-refractivity contribution in [1.82, 2.24) is 10.1 Å².